The zero-order valence-corrected chi connectivity index (χ0v) is 16.3. The second kappa shape index (κ2) is 7.69. The van der Waals surface area contributed by atoms with Crippen molar-refractivity contribution in [3.63, 3.8) is 0 Å². The molecule has 8 heteroatoms. The third kappa shape index (κ3) is 3.87. The molecule has 0 saturated heterocycles. The van der Waals surface area contributed by atoms with E-state index in [-0.39, 0.29) is 18.9 Å². The summed E-state index contributed by atoms with van der Waals surface area (Å²) in [6.45, 7) is 1.08. The van der Waals surface area contributed by atoms with Crippen LogP contribution < -0.4 is 0 Å². The van der Waals surface area contributed by atoms with Crippen LogP contribution in [0.25, 0.3) is 9.88 Å². The maximum atomic E-state index is 12.3. The lowest BCUT2D eigenvalue weighted by Crippen LogP contribution is -2.38. The summed E-state index contributed by atoms with van der Waals surface area (Å²) in [6.07, 6.45) is 0.959. The number of aromatic nitrogens is 1. The molecule has 1 aliphatic heterocycles. The monoisotopic (exact) mass is 404 g/mol. The van der Waals surface area contributed by atoms with E-state index in [0.717, 1.165) is 16.3 Å². The predicted molar refractivity (Wildman–Crippen MR) is 104 cm³/mol. The number of hydrogen-bond donors (Lipinski definition) is 0. The van der Waals surface area contributed by atoms with Crippen molar-refractivity contribution in [3.05, 3.63) is 50.5 Å². The van der Waals surface area contributed by atoms with Gasteiger partial charge in [0.25, 0.3) is 5.91 Å². The standard InChI is InChI=1S/C18H16N2O3S3/c21-16(20-5-3-14-12(9-20)4-7-25-14)10-23-17(22)8-13-11-26-18(19-13)15-2-1-6-24-15/h1-2,4,6-7,11H,3,5,8-10H2. The molecule has 134 valence electrons. The third-order valence-electron chi connectivity index (χ3n) is 4.13. The number of esters is 1. The molecule has 0 aliphatic carbocycles. The van der Waals surface area contributed by atoms with Crippen molar-refractivity contribution < 1.29 is 14.3 Å². The van der Waals surface area contributed by atoms with E-state index in [1.807, 2.05) is 22.9 Å². The zero-order valence-electron chi connectivity index (χ0n) is 13.8. The highest BCUT2D eigenvalue weighted by molar-refractivity contribution is 7.20. The molecule has 4 heterocycles. The zero-order chi connectivity index (χ0) is 17.9. The topological polar surface area (TPSA) is 59.5 Å². The number of carbonyl (C=O) groups excluding carboxylic acids is 2. The molecule has 3 aromatic heterocycles. The number of amides is 1. The van der Waals surface area contributed by atoms with Crippen LogP contribution in [0.4, 0.5) is 0 Å². The average molecular weight is 405 g/mol. The van der Waals surface area contributed by atoms with Gasteiger partial charge in [-0.2, -0.15) is 0 Å². The van der Waals surface area contributed by atoms with Gasteiger partial charge in [-0.05, 0) is 34.9 Å². The molecule has 0 aromatic carbocycles. The molecule has 5 nitrogen and oxygen atoms in total. The fraction of sp³-hybridized carbons (Fsp3) is 0.278. The van der Waals surface area contributed by atoms with Crippen molar-refractivity contribution in [2.45, 2.75) is 19.4 Å². The first-order valence-corrected chi connectivity index (χ1v) is 10.8. The number of carbonyl (C=O) groups is 2. The molecular formula is C18H16N2O3S3. The first-order chi connectivity index (χ1) is 12.7. The summed E-state index contributed by atoms with van der Waals surface area (Å²) in [4.78, 5) is 33.0. The Bertz CT molecular complexity index is 914. The number of thiazole rings is 1. The molecule has 0 unspecified atom stereocenters. The summed E-state index contributed by atoms with van der Waals surface area (Å²) in [7, 11) is 0. The van der Waals surface area contributed by atoms with Crippen LogP contribution in [-0.2, 0) is 33.7 Å². The molecule has 0 fully saturated rings. The SMILES string of the molecule is O=C(Cc1csc(-c2cccs2)n1)OCC(=O)N1CCc2sccc2C1. The summed E-state index contributed by atoms with van der Waals surface area (Å²) in [5.74, 6) is -0.567. The Kier molecular flexibility index (Phi) is 5.14. The number of ether oxygens (including phenoxy) is 1. The van der Waals surface area contributed by atoms with E-state index in [2.05, 4.69) is 16.4 Å². The van der Waals surface area contributed by atoms with Crippen molar-refractivity contribution in [1.29, 1.82) is 0 Å². The maximum Gasteiger partial charge on any atom is 0.312 e. The quantitative estimate of drug-likeness (QED) is 0.610. The van der Waals surface area contributed by atoms with Crippen LogP contribution in [0, 0.1) is 0 Å². The summed E-state index contributed by atoms with van der Waals surface area (Å²) < 4.78 is 5.17. The molecule has 3 aromatic rings. The Hall–Kier alpha value is -2.03. The van der Waals surface area contributed by atoms with Gasteiger partial charge < -0.3 is 9.64 Å². The number of rotatable bonds is 5. The molecule has 0 radical (unpaired) electrons. The van der Waals surface area contributed by atoms with Gasteiger partial charge in [0.05, 0.1) is 17.0 Å². The largest absolute Gasteiger partial charge is 0.455 e. The Morgan fingerprint density at radius 3 is 2.96 bits per heavy atom. The van der Waals surface area contributed by atoms with Gasteiger partial charge in [-0.15, -0.1) is 34.0 Å². The Labute approximate surface area is 162 Å². The first-order valence-electron chi connectivity index (χ1n) is 8.16. The predicted octanol–water partition coefficient (Wildman–Crippen LogP) is 3.60. The van der Waals surface area contributed by atoms with E-state index in [9.17, 15) is 9.59 Å². The average Bonchev–Trinajstić information content (AvgIpc) is 3.38. The summed E-state index contributed by atoms with van der Waals surface area (Å²) in [5.41, 5.74) is 1.88. The van der Waals surface area contributed by atoms with Gasteiger partial charge in [0.15, 0.2) is 6.61 Å². The third-order valence-corrected chi connectivity index (χ3v) is 7.08. The van der Waals surface area contributed by atoms with Crippen LogP contribution in [0.2, 0.25) is 0 Å². The van der Waals surface area contributed by atoms with Crippen LogP contribution in [-0.4, -0.2) is 34.9 Å². The van der Waals surface area contributed by atoms with Crippen LogP contribution in [0.3, 0.4) is 0 Å². The number of thiophene rings is 2. The van der Waals surface area contributed by atoms with E-state index in [0.29, 0.717) is 18.8 Å². The number of nitrogens with zero attached hydrogens (tertiary/aromatic N) is 2. The summed E-state index contributed by atoms with van der Waals surface area (Å²) in [5, 5.41) is 6.81. The van der Waals surface area contributed by atoms with Crippen LogP contribution >= 0.6 is 34.0 Å². The molecule has 0 atom stereocenters. The van der Waals surface area contributed by atoms with Gasteiger partial charge in [0.1, 0.15) is 5.01 Å². The molecule has 4 rings (SSSR count). The highest BCUT2D eigenvalue weighted by Crippen LogP contribution is 2.28. The lowest BCUT2D eigenvalue weighted by molar-refractivity contribution is -0.151. The number of hydrogen-bond acceptors (Lipinski definition) is 7. The van der Waals surface area contributed by atoms with E-state index in [1.165, 1.54) is 21.8 Å². The molecule has 0 bridgehead atoms. The molecular weight excluding hydrogens is 388 g/mol. The molecule has 26 heavy (non-hydrogen) atoms. The maximum absolute atomic E-state index is 12.3. The van der Waals surface area contributed by atoms with Crippen LogP contribution in [0.15, 0.2) is 34.3 Å². The van der Waals surface area contributed by atoms with E-state index in [1.54, 1.807) is 27.6 Å². The molecule has 1 amide bonds. The van der Waals surface area contributed by atoms with Crippen molar-refractivity contribution in [2.24, 2.45) is 0 Å². The first kappa shape index (κ1) is 17.4. The Morgan fingerprint density at radius 2 is 2.12 bits per heavy atom. The van der Waals surface area contributed by atoms with Crippen molar-refractivity contribution in [1.82, 2.24) is 9.88 Å². The highest BCUT2D eigenvalue weighted by atomic mass is 32.1. The van der Waals surface area contributed by atoms with E-state index in [4.69, 9.17) is 4.74 Å². The van der Waals surface area contributed by atoms with Gasteiger partial charge in [-0.1, -0.05) is 6.07 Å². The Balaban J connectivity index is 1.27. The van der Waals surface area contributed by atoms with Crippen LogP contribution in [0.1, 0.15) is 16.1 Å². The van der Waals surface area contributed by atoms with Gasteiger partial charge in [0.2, 0.25) is 0 Å². The molecule has 0 spiro atoms. The van der Waals surface area contributed by atoms with Gasteiger partial charge in [-0.3, -0.25) is 9.59 Å². The van der Waals surface area contributed by atoms with E-state index < -0.39 is 5.97 Å². The normalized spacial score (nSPS) is 13.5. The minimum absolute atomic E-state index is 0.0871. The Morgan fingerprint density at radius 1 is 1.19 bits per heavy atom. The molecule has 0 N–H and O–H groups in total. The lowest BCUT2D eigenvalue weighted by atomic mass is 10.1. The fourth-order valence-electron chi connectivity index (χ4n) is 2.80. The van der Waals surface area contributed by atoms with Crippen LogP contribution in [0.5, 0.6) is 0 Å². The smallest absolute Gasteiger partial charge is 0.312 e. The lowest BCUT2D eigenvalue weighted by Gasteiger charge is -2.26. The van der Waals surface area contributed by atoms with Gasteiger partial charge in [0, 0.05) is 23.3 Å². The summed E-state index contributed by atoms with van der Waals surface area (Å²) >= 11 is 4.86. The molecule has 1 aliphatic rings. The number of fused-ring (bicyclic) bond motifs is 1. The van der Waals surface area contributed by atoms with Crippen molar-refractivity contribution in [3.8, 4) is 9.88 Å². The minimum Gasteiger partial charge on any atom is -0.455 e. The van der Waals surface area contributed by atoms with Gasteiger partial charge >= 0.3 is 5.97 Å². The van der Waals surface area contributed by atoms with Crippen molar-refractivity contribution >= 4 is 45.9 Å². The minimum atomic E-state index is -0.422. The highest BCUT2D eigenvalue weighted by Gasteiger charge is 2.22. The second-order valence-corrected chi connectivity index (χ2v) is 8.70. The van der Waals surface area contributed by atoms with Gasteiger partial charge in [-0.25, -0.2) is 4.98 Å². The second-order valence-electron chi connectivity index (χ2n) is 5.89. The van der Waals surface area contributed by atoms with E-state index >= 15 is 0 Å². The summed E-state index contributed by atoms with van der Waals surface area (Å²) in [6, 6.07) is 6.03. The van der Waals surface area contributed by atoms with Crippen molar-refractivity contribution in [2.75, 3.05) is 13.2 Å². The fourth-order valence-corrected chi connectivity index (χ4v) is 5.32. The molecule has 0 saturated carbocycles.